The number of ether oxygens (including phenoxy) is 1. The third-order valence-electron chi connectivity index (χ3n) is 6.12. The van der Waals surface area contributed by atoms with Crippen LogP contribution in [0.15, 0.2) is 53.4 Å². The monoisotopic (exact) mass is 462 g/mol. The predicted octanol–water partition coefficient (Wildman–Crippen LogP) is 6.34. The number of rotatable bonds is 6. The van der Waals surface area contributed by atoms with Crippen LogP contribution in [0.25, 0.3) is 11.6 Å². The van der Waals surface area contributed by atoms with Crippen molar-refractivity contribution in [2.75, 3.05) is 18.6 Å². The lowest BCUT2D eigenvalue weighted by Gasteiger charge is -2.43. The maximum absolute atomic E-state index is 13.1. The van der Waals surface area contributed by atoms with Crippen LogP contribution in [-0.4, -0.2) is 35.2 Å². The number of nitrogens with zero attached hydrogens (tertiary/aromatic N) is 2. The minimum Gasteiger partial charge on any atom is -0.496 e. The molecule has 0 aliphatic carbocycles. The Hall–Kier alpha value is -2.99. The van der Waals surface area contributed by atoms with Crippen molar-refractivity contribution in [1.29, 1.82) is 0 Å². The minimum atomic E-state index is -0.269. The van der Waals surface area contributed by atoms with Crippen LogP contribution in [0.2, 0.25) is 0 Å². The van der Waals surface area contributed by atoms with E-state index in [0.717, 1.165) is 47.1 Å². The number of hydrogen-bond donors (Lipinski definition) is 0. The lowest BCUT2D eigenvalue weighted by atomic mass is 9.87. The van der Waals surface area contributed by atoms with E-state index in [4.69, 9.17) is 4.74 Å². The molecule has 2 heterocycles. The molecule has 0 bridgehead atoms. The largest absolute Gasteiger partial charge is 0.496 e. The molecule has 2 aliphatic rings. The number of allylic oxidation sites excluding steroid dienone is 1. The molecule has 0 radical (unpaired) electrons. The number of fused-ring (bicyclic) bond motifs is 1. The highest BCUT2D eigenvalue weighted by atomic mass is 32.2. The van der Waals surface area contributed by atoms with Gasteiger partial charge in [0.2, 0.25) is 0 Å². The van der Waals surface area contributed by atoms with Gasteiger partial charge in [-0.15, -0.1) is 0 Å². The zero-order valence-electron chi connectivity index (χ0n) is 19.8. The molecule has 4 rings (SSSR count). The van der Waals surface area contributed by atoms with Crippen LogP contribution in [0.5, 0.6) is 5.75 Å². The standard InChI is InChI=1S/C27H30N2O3S/c1-6-12-29-22-15-23(32-5)20(13-21(22)18(2)16-27(29,3)4)14-24-25(30)28(26(31)33-24)17-19-10-8-7-9-11-19/h7-11,13-16H,6,12,17H2,1-5H3/b24-14+. The molecule has 0 aromatic heterocycles. The summed E-state index contributed by atoms with van der Waals surface area (Å²) in [6.07, 6.45) is 5.11. The number of amides is 2. The van der Waals surface area contributed by atoms with Crippen LogP contribution in [0.1, 0.15) is 50.8 Å². The van der Waals surface area contributed by atoms with Crippen LogP contribution >= 0.6 is 11.8 Å². The van der Waals surface area contributed by atoms with Crippen molar-refractivity contribution in [3.8, 4) is 5.75 Å². The summed E-state index contributed by atoms with van der Waals surface area (Å²) in [5, 5.41) is -0.251. The van der Waals surface area contributed by atoms with Gasteiger partial charge in [-0.1, -0.05) is 43.3 Å². The molecule has 2 aromatic rings. The summed E-state index contributed by atoms with van der Waals surface area (Å²) in [7, 11) is 1.64. The summed E-state index contributed by atoms with van der Waals surface area (Å²) in [5.74, 6) is 0.421. The van der Waals surface area contributed by atoms with Crippen LogP contribution in [0, 0.1) is 0 Å². The van der Waals surface area contributed by atoms with Crippen LogP contribution in [-0.2, 0) is 11.3 Å². The van der Waals surface area contributed by atoms with Gasteiger partial charge in [-0.05, 0) is 62.2 Å². The molecule has 1 saturated heterocycles. The minimum absolute atomic E-state index is 0.0975. The fourth-order valence-corrected chi connectivity index (χ4v) is 5.42. The second-order valence-corrected chi connectivity index (χ2v) is 9.99. The van der Waals surface area contributed by atoms with Crippen LogP contribution in [0.3, 0.4) is 0 Å². The number of anilines is 1. The molecule has 2 aromatic carbocycles. The molecule has 0 unspecified atom stereocenters. The molecule has 6 heteroatoms. The molecule has 2 amide bonds. The van der Waals surface area contributed by atoms with Crippen molar-refractivity contribution < 1.29 is 14.3 Å². The molecule has 1 fully saturated rings. The molecular weight excluding hydrogens is 432 g/mol. The van der Waals surface area contributed by atoms with E-state index in [1.165, 1.54) is 10.5 Å². The fraction of sp³-hybridized carbons (Fsp3) is 0.333. The number of thioether (sulfide) groups is 1. The highest BCUT2D eigenvalue weighted by molar-refractivity contribution is 8.18. The number of carbonyl (C=O) groups is 2. The molecule has 0 atom stereocenters. The van der Waals surface area contributed by atoms with Crippen molar-refractivity contribution in [3.63, 3.8) is 0 Å². The molecule has 0 saturated carbocycles. The second-order valence-electron chi connectivity index (χ2n) is 9.00. The summed E-state index contributed by atoms with van der Waals surface area (Å²) in [4.78, 5) is 29.8. The number of methoxy groups -OCH3 is 1. The first-order valence-corrected chi connectivity index (χ1v) is 12.1. The predicted molar refractivity (Wildman–Crippen MR) is 136 cm³/mol. The smallest absolute Gasteiger partial charge is 0.293 e. The first-order valence-electron chi connectivity index (χ1n) is 11.2. The summed E-state index contributed by atoms with van der Waals surface area (Å²) in [6, 6.07) is 13.7. The maximum atomic E-state index is 13.1. The van der Waals surface area contributed by atoms with E-state index in [2.05, 4.69) is 50.8 Å². The molecule has 33 heavy (non-hydrogen) atoms. The first kappa shape index (κ1) is 23.2. The van der Waals surface area contributed by atoms with Gasteiger partial charge in [0.1, 0.15) is 5.75 Å². The van der Waals surface area contributed by atoms with Gasteiger partial charge in [0.25, 0.3) is 11.1 Å². The van der Waals surface area contributed by atoms with Gasteiger partial charge >= 0.3 is 0 Å². The van der Waals surface area contributed by atoms with Crippen LogP contribution < -0.4 is 9.64 Å². The summed E-state index contributed by atoms with van der Waals surface area (Å²) in [6.45, 7) is 9.94. The molecule has 2 aliphatic heterocycles. The topological polar surface area (TPSA) is 49.9 Å². The number of hydrogen-bond acceptors (Lipinski definition) is 5. The zero-order valence-corrected chi connectivity index (χ0v) is 20.7. The van der Waals surface area contributed by atoms with E-state index in [9.17, 15) is 9.59 Å². The quantitative estimate of drug-likeness (QED) is 0.469. The van der Waals surface area contributed by atoms with Gasteiger partial charge in [-0.25, -0.2) is 0 Å². The third kappa shape index (κ3) is 4.44. The van der Waals surface area contributed by atoms with Crippen molar-refractivity contribution in [3.05, 3.63) is 70.1 Å². The molecule has 172 valence electrons. The van der Waals surface area contributed by atoms with Crippen molar-refractivity contribution >= 4 is 40.2 Å². The summed E-state index contributed by atoms with van der Waals surface area (Å²) in [5.41, 5.74) is 5.07. The summed E-state index contributed by atoms with van der Waals surface area (Å²) >= 11 is 0.980. The Labute approximate surface area is 200 Å². The molecule has 0 spiro atoms. The van der Waals surface area contributed by atoms with Gasteiger partial charge in [-0.3, -0.25) is 14.5 Å². The molecule has 0 N–H and O–H groups in total. The van der Waals surface area contributed by atoms with E-state index < -0.39 is 0 Å². The van der Waals surface area contributed by atoms with Gasteiger partial charge in [-0.2, -0.15) is 0 Å². The Kier molecular flexibility index (Phi) is 6.39. The van der Waals surface area contributed by atoms with Gasteiger partial charge in [0.05, 0.1) is 24.1 Å². The highest BCUT2D eigenvalue weighted by Gasteiger charge is 2.36. The lowest BCUT2D eigenvalue weighted by molar-refractivity contribution is -0.123. The van der Waals surface area contributed by atoms with E-state index in [0.29, 0.717) is 10.7 Å². The van der Waals surface area contributed by atoms with Crippen molar-refractivity contribution in [2.24, 2.45) is 0 Å². The van der Waals surface area contributed by atoms with Gasteiger partial charge in [0.15, 0.2) is 0 Å². The number of carbonyl (C=O) groups excluding carboxylic acids is 2. The Morgan fingerprint density at radius 1 is 1.12 bits per heavy atom. The SMILES string of the molecule is CCCN1c2cc(OC)c(/C=C3/SC(=O)N(Cc4ccccc4)C3=O)cc2C(C)=CC1(C)C. The van der Waals surface area contributed by atoms with E-state index in [1.807, 2.05) is 30.3 Å². The number of imide groups is 1. The van der Waals surface area contributed by atoms with Gasteiger partial charge < -0.3 is 9.64 Å². The lowest BCUT2D eigenvalue weighted by Crippen LogP contribution is -2.45. The first-order chi connectivity index (χ1) is 15.7. The van der Waals surface area contributed by atoms with Crippen molar-refractivity contribution in [2.45, 2.75) is 46.2 Å². The number of benzene rings is 2. The van der Waals surface area contributed by atoms with Crippen LogP contribution in [0.4, 0.5) is 10.5 Å². The molecular formula is C27H30N2O3S. The fourth-order valence-electron chi connectivity index (χ4n) is 4.59. The van der Waals surface area contributed by atoms with Gasteiger partial charge in [0, 0.05) is 29.4 Å². The summed E-state index contributed by atoms with van der Waals surface area (Å²) < 4.78 is 5.73. The second kappa shape index (κ2) is 9.10. The normalized spacial score (nSPS) is 18.6. The maximum Gasteiger partial charge on any atom is 0.293 e. The Balaban J connectivity index is 1.71. The average Bonchev–Trinajstić information content (AvgIpc) is 3.04. The third-order valence-corrected chi connectivity index (χ3v) is 7.03. The molecule has 5 nitrogen and oxygen atoms in total. The average molecular weight is 463 g/mol. The zero-order chi connectivity index (χ0) is 23.8. The Morgan fingerprint density at radius 3 is 2.52 bits per heavy atom. The highest BCUT2D eigenvalue weighted by Crippen LogP contribution is 2.43. The van der Waals surface area contributed by atoms with E-state index >= 15 is 0 Å². The van der Waals surface area contributed by atoms with E-state index in [-0.39, 0.29) is 23.2 Å². The Bertz CT molecular complexity index is 1150. The van der Waals surface area contributed by atoms with Crippen molar-refractivity contribution in [1.82, 2.24) is 4.90 Å². The Morgan fingerprint density at radius 2 is 1.85 bits per heavy atom. The van der Waals surface area contributed by atoms with E-state index in [1.54, 1.807) is 13.2 Å².